The number of carbonyl (C=O) groups is 1. The van der Waals surface area contributed by atoms with Crippen LogP contribution < -0.4 is 14.4 Å². The number of rotatable bonds is 9. The maximum absolute atomic E-state index is 13.4. The summed E-state index contributed by atoms with van der Waals surface area (Å²) < 4.78 is 33.4. The third kappa shape index (κ3) is 5.60. The molecule has 0 aliphatic rings. The van der Waals surface area contributed by atoms with Crippen LogP contribution in [0.2, 0.25) is 5.02 Å². The minimum Gasteiger partial charge on any atom is -0.494 e. The van der Waals surface area contributed by atoms with E-state index < -0.39 is 15.9 Å². The number of nitrogens with zero attached hydrogens (tertiary/aromatic N) is 1. The lowest BCUT2D eigenvalue weighted by Gasteiger charge is -2.26. The molecule has 6 nitrogen and oxygen atoms in total. The number of hydrogen-bond acceptors (Lipinski definition) is 4. The molecule has 3 rings (SSSR count). The van der Waals surface area contributed by atoms with Crippen LogP contribution in [-0.2, 0) is 21.4 Å². The molecule has 3 aromatic rings. The monoisotopic (exact) mass is 472 g/mol. The Labute approximate surface area is 193 Å². The topological polar surface area (TPSA) is 75.7 Å². The number of nitrogens with one attached hydrogen (secondary N) is 1. The van der Waals surface area contributed by atoms with Gasteiger partial charge in [0.2, 0.25) is 5.91 Å². The Morgan fingerprint density at radius 1 is 1.03 bits per heavy atom. The van der Waals surface area contributed by atoms with Crippen LogP contribution in [0.1, 0.15) is 18.1 Å². The van der Waals surface area contributed by atoms with Crippen LogP contribution >= 0.6 is 11.6 Å². The predicted molar refractivity (Wildman–Crippen MR) is 127 cm³/mol. The van der Waals surface area contributed by atoms with Crippen LogP contribution in [0.25, 0.3) is 0 Å². The quantitative estimate of drug-likeness (QED) is 0.495. The fourth-order valence-corrected chi connectivity index (χ4v) is 4.85. The number of carbonyl (C=O) groups excluding carboxylic acids is 1. The second kappa shape index (κ2) is 10.5. The number of hydrogen-bond donors (Lipinski definition) is 1. The lowest BCUT2D eigenvalue weighted by molar-refractivity contribution is -0.119. The lowest BCUT2D eigenvalue weighted by atomic mass is 10.2. The van der Waals surface area contributed by atoms with E-state index in [1.165, 1.54) is 12.1 Å². The summed E-state index contributed by atoms with van der Waals surface area (Å²) in [6.07, 6.45) is 0. The number of ether oxygens (including phenoxy) is 1. The maximum atomic E-state index is 13.4. The molecule has 0 radical (unpaired) electrons. The highest BCUT2D eigenvalue weighted by Gasteiger charge is 2.28. The molecule has 0 heterocycles. The molecule has 0 spiro atoms. The van der Waals surface area contributed by atoms with Crippen LogP contribution in [0.15, 0.2) is 77.7 Å². The standard InChI is InChI=1S/C24H25ClN2O4S/c1-3-31-20-10-7-9-19(15-20)16-26-24(28)17-27(23-14-8-13-22(25)18(23)2)32(29,30)21-11-5-4-6-12-21/h4-15H,3,16-17H2,1-2H3,(H,26,28). The van der Waals surface area contributed by atoms with E-state index in [2.05, 4.69) is 5.32 Å². The molecular formula is C24H25ClN2O4S. The summed E-state index contributed by atoms with van der Waals surface area (Å²) in [6.45, 7) is 4.02. The first kappa shape index (κ1) is 23.6. The van der Waals surface area contributed by atoms with E-state index >= 15 is 0 Å². The third-order valence-corrected chi connectivity index (χ3v) is 7.01. The van der Waals surface area contributed by atoms with Crippen LogP contribution in [0.5, 0.6) is 5.75 Å². The number of amides is 1. The number of sulfonamides is 1. The van der Waals surface area contributed by atoms with E-state index in [1.807, 2.05) is 31.2 Å². The summed E-state index contributed by atoms with van der Waals surface area (Å²) in [4.78, 5) is 12.9. The summed E-state index contributed by atoms with van der Waals surface area (Å²) in [6, 6.07) is 20.4. The highest BCUT2D eigenvalue weighted by molar-refractivity contribution is 7.92. The maximum Gasteiger partial charge on any atom is 0.264 e. The van der Waals surface area contributed by atoms with E-state index in [0.29, 0.717) is 28.6 Å². The fraction of sp³-hybridized carbons (Fsp3) is 0.208. The number of benzene rings is 3. The average molecular weight is 473 g/mol. The Kier molecular flexibility index (Phi) is 7.77. The van der Waals surface area contributed by atoms with Crippen molar-refractivity contribution in [2.45, 2.75) is 25.3 Å². The molecule has 0 bridgehead atoms. The molecule has 0 saturated heterocycles. The first-order chi connectivity index (χ1) is 15.3. The first-order valence-corrected chi connectivity index (χ1v) is 12.0. The molecule has 0 aromatic heterocycles. The van der Waals surface area contributed by atoms with Crippen molar-refractivity contribution in [3.63, 3.8) is 0 Å². The van der Waals surface area contributed by atoms with Gasteiger partial charge in [-0.2, -0.15) is 0 Å². The molecule has 1 N–H and O–H groups in total. The molecule has 168 valence electrons. The Bertz CT molecular complexity index is 1180. The average Bonchev–Trinajstić information content (AvgIpc) is 2.79. The SMILES string of the molecule is CCOc1cccc(CNC(=O)CN(c2cccc(Cl)c2C)S(=O)(=O)c2ccccc2)c1. The van der Waals surface area contributed by atoms with Gasteiger partial charge < -0.3 is 10.1 Å². The third-order valence-electron chi connectivity index (χ3n) is 4.83. The van der Waals surface area contributed by atoms with E-state index in [4.69, 9.17) is 16.3 Å². The molecule has 0 unspecified atom stereocenters. The van der Waals surface area contributed by atoms with Crippen molar-refractivity contribution >= 4 is 33.2 Å². The normalized spacial score (nSPS) is 11.1. The van der Waals surface area contributed by atoms with Crippen LogP contribution in [0.4, 0.5) is 5.69 Å². The van der Waals surface area contributed by atoms with Gasteiger partial charge in [0.25, 0.3) is 10.0 Å². The van der Waals surface area contributed by atoms with Gasteiger partial charge in [0.15, 0.2) is 0 Å². The van der Waals surface area contributed by atoms with Crippen molar-refractivity contribution in [2.75, 3.05) is 17.5 Å². The predicted octanol–water partition coefficient (Wildman–Crippen LogP) is 4.56. The summed E-state index contributed by atoms with van der Waals surface area (Å²) in [7, 11) is -3.99. The van der Waals surface area contributed by atoms with Crippen LogP contribution in [-0.4, -0.2) is 27.5 Å². The molecular weight excluding hydrogens is 448 g/mol. The van der Waals surface area contributed by atoms with Crippen molar-refractivity contribution in [3.8, 4) is 5.75 Å². The number of halogens is 1. The van der Waals surface area contributed by atoms with Gasteiger partial charge in [-0.15, -0.1) is 0 Å². The van der Waals surface area contributed by atoms with E-state index in [0.717, 1.165) is 9.87 Å². The zero-order chi connectivity index (χ0) is 23.1. The van der Waals surface area contributed by atoms with Crippen molar-refractivity contribution < 1.29 is 17.9 Å². The zero-order valence-electron chi connectivity index (χ0n) is 17.9. The second-order valence-corrected chi connectivity index (χ2v) is 9.34. The molecule has 8 heteroatoms. The van der Waals surface area contributed by atoms with Gasteiger partial charge in [0, 0.05) is 11.6 Å². The Balaban J connectivity index is 1.85. The largest absolute Gasteiger partial charge is 0.494 e. The zero-order valence-corrected chi connectivity index (χ0v) is 19.5. The van der Waals surface area contributed by atoms with Crippen molar-refractivity contribution in [1.29, 1.82) is 0 Å². The minimum absolute atomic E-state index is 0.0941. The Hall–Kier alpha value is -3.03. The molecule has 0 aliphatic carbocycles. The van der Waals surface area contributed by atoms with Crippen LogP contribution in [0.3, 0.4) is 0 Å². The molecule has 32 heavy (non-hydrogen) atoms. The van der Waals surface area contributed by atoms with Gasteiger partial charge >= 0.3 is 0 Å². The molecule has 3 aromatic carbocycles. The fourth-order valence-electron chi connectivity index (χ4n) is 3.18. The molecule has 0 atom stereocenters. The second-order valence-electron chi connectivity index (χ2n) is 7.07. The molecule has 0 saturated carbocycles. The van der Waals surface area contributed by atoms with Gasteiger partial charge in [0.05, 0.1) is 17.2 Å². The van der Waals surface area contributed by atoms with Gasteiger partial charge in [0.1, 0.15) is 12.3 Å². The summed E-state index contributed by atoms with van der Waals surface area (Å²) >= 11 is 6.24. The summed E-state index contributed by atoms with van der Waals surface area (Å²) in [5, 5.41) is 3.21. The van der Waals surface area contributed by atoms with Crippen LogP contribution in [0, 0.1) is 6.92 Å². The van der Waals surface area contributed by atoms with Crippen molar-refractivity contribution in [1.82, 2.24) is 5.32 Å². The van der Waals surface area contributed by atoms with E-state index in [-0.39, 0.29) is 18.0 Å². The minimum atomic E-state index is -3.99. The van der Waals surface area contributed by atoms with Crippen molar-refractivity contribution in [3.05, 3.63) is 88.9 Å². The molecule has 0 aliphatic heterocycles. The lowest BCUT2D eigenvalue weighted by Crippen LogP contribution is -2.41. The number of anilines is 1. The van der Waals surface area contributed by atoms with Gasteiger partial charge in [-0.1, -0.05) is 48.0 Å². The van der Waals surface area contributed by atoms with Gasteiger partial charge in [-0.05, 0) is 61.4 Å². The summed E-state index contributed by atoms with van der Waals surface area (Å²) in [5.41, 5.74) is 1.78. The van der Waals surface area contributed by atoms with E-state index in [9.17, 15) is 13.2 Å². The Morgan fingerprint density at radius 2 is 1.75 bits per heavy atom. The first-order valence-electron chi connectivity index (χ1n) is 10.1. The van der Waals surface area contributed by atoms with Crippen molar-refractivity contribution in [2.24, 2.45) is 0 Å². The van der Waals surface area contributed by atoms with E-state index in [1.54, 1.807) is 43.3 Å². The van der Waals surface area contributed by atoms with Gasteiger partial charge in [-0.25, -0.2) is 8.42 Å². The highest BCUT2D eigenvalue weighted by atomic mass is 35.5. The summed E-state index contributed by atoms with van der Waals surface area (Å²) in [5.74, 6) is 0.271. The highest BCUT2D eigenvalue weighted by Crippen LogP contribution is 2.30. The molecule has 1 amide bonds. The van der Waals surface area contributed by atoms with Gasteiger partial charge in [-0.3, -0.25) is 9.10 Å². The molecule has 0 fully saturated rings. The smallest absolute Gasteiger partial charge is 0.264 e. The Morgan fingerprint density at radius 3 is 2.47 bits per heavy atom.